The third-order valence-electron chi connectivity index (χ3n) is 10.5. The Balaban J connectivity index is 1.17. The Kier molecular flexibility index (Phi) is 11.1. The molecule has 302 valence electrons. The number of nitrogens with one attached hydrogen (secondary N) is 1. The number of ether oxygens (including phenoxy) is 3. The number of rotatable bonds is 11. The van der Waals surface area contributed by atoms with Crippen LogP contribution in [0.2, 0.25) is 10.0 Å². The largest absolute Gasteiger partial charge is 0.481 e. The van der Waals surface area contributed by atoms with Crippen molar-refractivity contribution in [3.8, 4) is 39.4 Å². The number of hydrogen-bond donors (Lipinski definition) is 1. The van der Waals surface area contributed by atoms with Crippen LogP contribution in [0, 0.1) is 0 Å². The molecular formula is C43H44Cl2N6O7. The molecule has 7 rings (SSSR count). The molecule has 3 aromatic heterocycles. The zero-order valence-corrected chi connectivity index (χ0v) is 34.6. The Morgan fingerprint density at radius 1 is 0.966 bits per heavy atom. The lowest BCUT2D eigenvalue weighted by atomic mass is 9.97. The fourth-order valence-corrected chi connectivity index (χ4v) is 7.97. The van der Waals surface area contributed by atoms with Gasteiger partial charge < -0.3 is 29.3 Å². The zero-order valence-electron chi connectivity index (χ0n) is 33.1. The minimum absolute atomic E-state index is 0.0438. The van der Waals surface area contributed by atoms with Crippen molar-refractivity contribution in [1.82, 2.24) is 24.6 Å². The van der Waals surface area contributed by atoms with Crippen LogP contribution in [0.3, 0.4) is 0 Å². The average molecular weight is 828 g/mol. The van der Waals surface area contributed by atoms with Crippen LogP contribution < -0.4 is 20.5 Å². The van der Waals surface area contributed by atoms with E-state index in [4.69, 9.17) is 42.4 Å². The molecule has 4 heterocycles. The molecule has 1 aliphatic heterocycles. The van der Waals surface area contributed by atoms with E-state index in [1.54, 1.807) is 55.9 Å². The van der Waals surface area contributed by atoms with E-state index in [0.29, 0.717) is 86.5 Å². The van der Waals surface area contributed by atoms with E-state index < -0.39 is 17.2 Å². The Morgan fingerprint density at radius 2 is 1.64 bits per heavy atom. The first-order chi connectivity index (χ1) is 27.6. The molecule has 58 heavy (non-hydrogen) atoms. The van der Waals surface area contributed by atoms with Gasteiger partial charge in [0.1, 0.15) is 22.5 Å². The van der Waals surface area contributed by atoms with Gasteiger partial charge in [-0.3, -0.25) is 14.0 Å². The number of hydrogen-bond acceptors (Lipinski definition) is 10. The van der Waals surface area contributed by atoms with Crippen LogP contribution in [-0.2, 0) is 25.6 Å². The lowest BCUT2D eigenvalue weighted by molar-refractivity contribution is -0.143. The van der Waals surface area contributed by atoms with Crippen molar-refractivity contribution in [2.75, 3.05) is 32.7 Å². The van der Waals surface area contributed by atoms with Gasteiger partial charge in [0.25, 0.3) is 5.56 Å². The molecule has 5 aromatic rings. The molecule has 1 N–H and O–H groups in total. The summed E-state index contributed by atoms with van der Waals surface area (Å²) in [7, 11) is 4.56. The van der Waals surface area contributed by atoms with Gasteiger partial charge in [-0.15, -0.1) is 0 Å². The molecule has 0 spiro atoms. The summed E-state index contributed by atoms with van der Waals surface area (Å²) in [4.78, 5) is 63.9. The molecule has 0 bridgehead atoms. The SMILES string of the molecule is COC(=O)C1(N(C)c2cnc3cc(-c4cccc(-c5cccc(-c6ccc(CN(C[C@@H]7CCC(=O)N7)C(=O)OC(C)(C)C)c(OC)n6)c5Cl)c4Cl)ccn3c2=O)CC1. The van der Waals surface area contributed by atoms with Crippen molar-refractivity contribution in [3.05, 3.63) is 99.0 Å². The van der Waals surface area contributed by atoms with Crippen LogP contribution in [0.15, 0.2) is 77.9 Å². The second-order valence-electron chi connectivity index (χ2n) is 15.5. The number of amides is 2. The van der Waals surface area contributed by atoms with Crippen LogP contribution >= 0.6 is 23.2 Å². The summed E-state index contributed by atoms with van der Waals surface area (Å²) in [5, 5.41) is 3.79. The summed E-state index contributed by atoms with van der Waals surface area (Å²) >= 11 is 14.3. The van der Waals surface area contributed by atoms with Gasteiger partial charge in [0.15, 0.2) is 0 Å². The van der Waals surface area contributed by atoms with E-state index >= 15 is 0 Å². The lowest BCUT2D eigenvalue weighted by Gasteiger charge is -2.29. The maximum absolute atomic E-state index is 13.6. The average Bonchev–Trinajstić information content (AvgIpc) is 3.91. The van der Waals surface area contributed by atoms with Crippen molar-refractivity contribution < 1.29 is 28.6 Å². The number of pyridine rings is 2. The highest BCUT2D eigenvalue weighted by atomic mass is 35.5. The molecule has 2 aliphatic rings. The summed E-state index contributed by atoms with van der Waals surface area (Å²) in [6.45, 7) is 5.82. The van der Waals surface area contributed by atoms with Gasteiger partial charge >= 0.3 is 12.1 Å². The van der Waals surface area contributed by atoms with Gasteiger partial charge in [-0.1, -0.05) is 59.6 Å². The van der Waals surface area contributed by atoms with E-state index in [-0.39, 0.29) is 36.6 Å². The minimum Gasteiger partial charge on any atom is -0.481 e. The van der Waals surface area contributed by atoms with Gasteiger partial charge in [-0.25, -0.2) is 19.6 Å². The number of carbonyl (C=O) groups excluding carboxylic acids is 3. The second kappa shape index (κ2) is 15.9. The Hall–Kier alpha value is -5.66. The maximum Gasteiger partial charge on any atom is 0.410 e. The number of esters is 1. The standard InChI is InChI=1S/C43H44Cl2N6O7/c1-42(2,3)58-41(55)50(24-27-14-16-35(52)47-27)23-26-13-15-32(48-38(26)56-5)31-12-8-11-30(37(31)45)29-10-7-9-28(36(29)44)25-17-20-51-34(21-25)46-22-33(39(51)53)49(4)43(18-19-43)40(54)57-6/h7-13,15,17,20-22,27H,14,16,18-19,23-24H2,1-6H3,(H,47,52)/t27-/m0/s1. The fourth-order valence-electron chi connectivity index (χ4n) is 7.31. The number of methoxy groups -OCH3 is 2. The summed E-state index contributed by atoms with van der Waals surface area (Å²) in [5.74, 6) is -0.115. The number of benzene rings is 2. The fraction of sp³-hybridized carbons (Fsp3) is 0.349. The predicted octanol–water partition coefficient (Wildman–Crippen LogP) is 7.56. The van der Waals surface area contributed by atoms with Gasteiger partial charge in [0, 0.05) is 60.1 Å². The first kappa shape index (κ1) is 40.5. The monoisotopic (exact) mass is 826 g/mol. The first-order valence-electron chi connectivity index (χ1n) is 18.9. The normalized spacial score (nSPS) is 15.8. The Morgan fingerprint density at radius 3 is 2.26 bits per heavy atom. The molecule has 2 fully saturated rings. The molecule has 0 radical (unpaired) electrons. The molecule has 1 atom stereocenters. The van der Waals surface area contributed by atoms with Crippen LogP contribution in [0.5, 0.6) is 5.88 Å². The number of fused-ring (bicyclic) bond motifs is 1. The number of carbonyl (C=O) groups is 3. The van der Waals surface area contributed by atoms with Crippen LogP contribution in [0.1, 0.15) is 52.0 Å². The summed E-state index contributed by atoms with van der Waals surface area (Å²) in [5.41, 5.74) is 3.45. The minimum atomic E-state index is -0.857. The van der Waals surface area contributed by atoms with E-state index in [0.717, 1.165) is 5.56 Å². The highest BCUT2D eigenvalue weighted by Crippen LogP contribution is 2.44. The molecule has 2 aromatic carbocycles. The van der Waals surface area contributed by atoms with Gasteiger partial charge in [-0.05, 0) is 69.9 Å². The van der Waals surface area contributed by atoms with Crippen molar-refractivity contribution in [2.24, 2.45) is 0 Å². The van der Waals surface area contributed by atoms with Gasteiger partial charge in [0.05, 0.1) is 42.7 Å². The van der Waals surface area contributed by atoms with Crippen LogP contribution in [0.4, 0.5) is 10.5 Å². The summed E-state index contributed by atoms with van der Waals surface area (Å²) in [6, 6.07) is 18.3. The van der Waals surface area contributed by atoms with E-state index in [9.17, 15) is 19.2 Å². The van der Waals surface area contributed by atoms with Crippen molar-refractivity contribution in [2.45, 2.75) is 70.2 Å². The molecule has 0 unspecified atom stereocenters. The maximum atomic E-state index is 13.6. The number of aromatic nitrogens is 3. The first-order valence-corrected chi connectivity index (χ1v) is 19.6. The van der Waals surface area contributed by atoms with E-state index in [1.807, 2.05) is 48.5 Å². The quantitative estimate of drug-likeness (QED) is 0.133. The number of likely N-dealkylation sites (N-methyl/N-ethyl adjacent to an activating group) is 1. The number of anilines is 1. The van der Waals surface area contributed by atoms with Gasteiger partial charge in [-0.2, -0.15) is 0 Å². The molecule has 1 aliphatic carbocycles. The molecule has 1 saturated heterocycles. The topological polar surface area (TPSA) is 145 Å². The van der Waals surface area contributed by atoms with E-state index in [1.165, 1.54) is 24.8 Å². The van der Waals surface area contributed by atoms with Crippen LogP contribution in [0.25, 0.3) is 39.2 Å². The molecule has 1 saturated carbocycles. The van der Waals surface area contributed by atoms with Crippen molar-refractivity contribution in [1.29, 1.82) is 0 Å². The van der Waals surface area contributed by atoms with Crippen molar-refractivity contribution in [3.63, 3.8) is 0 Å². The summed E-state index contributed by atoms with van der Waals surface area (Å²) in [6.07, 6.45) is 4.84. The lowest BCUT2D eigenvalue weighted by Crippen LogP contribution is -2.44. The second-order valence-corrected chi connectivity index (χ2v) is 16.3. The van der Waals surface area contributed by atoms with Crippen LogP contribution in [-0.4, -0.2) is 82.2 Å². The third kappa shape index (κ3) is 7.93. The van der Waals surface area contributed by atoms with Gasteiger partial charge in [0.2, 0.25) is 11.8 Å². The predicted molar refractivity (Wildman–Crippen MR) is 222 cm³/mol. The third-order valence-corrected chi connectivity index (χ3v) is 11.3. The summed E-state index contributed by atoms with van der Waals surface area (Å²) < 4.78 is 17.9. The molecule has 13 nitrogen and oxygen atoms in total. The number of halogens is 2. The Bertz CT molecular complexity index is 2500. The molecular weight excluding hydrogens is 783 g/mol. The molecule has 15 heteroatoms. The zero-order chi connectivity index (χ0) is 41.5. The van der Waals surface area contributed by atoms with Crippen molar-refractivity contribution >= 4 is 52.5 Å². The Labute approximate surface area is 345 Å². The highest BCUT2D eigenvalue weighted by molar-refractivity contribution is 6.39. The highest BCUT2D eigenvalue weighted by Gasteiger charge is 2.55. The smallest absolute Gasteiger partial charge is 0.410 e. The molecule has 2 amide bonds. The number of nitrogens with zero attached hydrogens (tertiary/aromatic N) is 5. The van der Waals surface area contributed by atoms with E-state index in [2.05, 4.69) is 10.3 Å².